The first-order valence-corrected chi connectivity index (χ1v) is 4.52. The monoisotopic (exact) mass is 270 g/mol. The highest BCUT2D eigenvalue weighted by molar-refractivity contribution is 6.00. The van der Waals surface area contributed by atoms with Crippen LogP contribution in [0.15, 0.2) is 24.3 Å². The Morgan fingerprint density at radius 2 is 1.56 bits per heavy atom. The van der Waals surface area contributed by atoms with Crippen LogP contribution >= 0.6 is 0 Å². The lowest BCUT2D eigenvalue weighted by Crippen LogP contribution is -2.55. The van der Waals surface area contributed by atoms with E-state index in [1.807, 2.05) is 0 Å². The SMILES string of the molecule is O=C(c1ccc(F)cc1)C(F)C(O)(O)C(F)(F)F. The third-order valence-electron chi connectivity index (χ3n) is 2.13. The minimum Gasteiger partial charge on any atom is -0.356 e. The lowest BCUT2D eigenvalue weighted by atomic mass is 10.0. The highest BCUT2D eigenvalue weighted by Gasteiger charge is 2.61. The molecule has 0 aromatic heterocycles. The molecule has 0 radical (unpaired) electrons. The number of benzene rings is 1. The van der Waals surface area contributed by atoms with Crippen molar-refractivity contribution in [1.29, 1.82) is 0 Å². The van der Waals surface area contributed by atoms with Crippen LogP contribution in [0.3, 0.4) is 0 Å². The zero-order chi connectivity index (χ0) is 14.1. The minimum atomic E-state index is -5.73. The van der Waals surface area contributed by atoms with Gasteiger partial charge < -0.3 is 10.2 Å². The molecule has 1 aromatic carbocycles. The highest BCUT2D eigenvalue weighted by Crippen LogP contribution is 2.33. The second kappa shape index (κ2) is 4.62. The second-order valence-corrected chi connectivity index (χ2v) is 3.46. The van der Waals surface area contributed by atoms with Gasteiger partial charge in [-0.15, -0.1) is 0 Å². The summed E-state index contributed by atoms with van der Waals surface area (Å²) in [5.74, 6) is -7.38. The van der Waals surface area contributed by atoms with E-state index >= 15 is 0 Å². The van der Waals surface area contributed by atoms with Crippen molar-refractivity contribution in [3.8, 4) is 0 Å². The minimum absolute atomic E-state index is 0.611. The molecule has 0 aliphatic heterocycles. The van der Waals surface area contributed by atoms with Gasteiger partial charge in [-0.25, -0.2) is 8.78 Å². The van der Waals surface area contributed by atoms with E-state index < -0.39 is 35.3 Å². The van der Waals surface area contributed by atoms with Crippen molar-refractivity contribution >= 4 is 5.78 Å². The maximum absolute atomic E-state index is 13.2. The summed E-state index contributed by atoms with van der Waals surface area (Å²) < 4.78 is 61.9. The molecule has 0 saturated carbocycles. The summed E-state index contributed by atoms with van der Waals surface area (Å²) in [6.45, 7) is 0. The number of ketones is 1. The van der Waals surface area contributed by atoms with Crippen molar-refractivity contribution in [2.75, 3.05) is 0 Å². The fourth-order valence-corrected chi connectivity index (χ4v) is 1.09. The molecule has 1 rings (SSSR count). The number of Topliss-reactive ketones (excluding diaryl/α,β-unsaturated/α-hetero) is 1. The van der Waals surface area contributed by atoms with Gasteiger partial charge in [0.2, 0.25) is 12.0 Å². The molecular weight excluding hydrogens is 263 g/mol. The summed E-state index contributed by atoms with van der Waals surface area (Å²) >= 11 is 0. The molecule has 8 heteroatoms. The van der Waals surface area contributed by atoms with Gasteiger partial charge in [-0.1, -0.05) is 0 Å². The topological polar surface area (TPSA) is 57.5 Å². The van der Waals surface area contributed by atoms with Crippen LogP contribution in [0.25, 0.3) is 0 Å². The lowest BCUT2D eigenvalue weighted by molar-refractivity contribution is -0.362. The van der Waals surface area contributed by atoms with E-state index in [9.17, 15) is 26.7 Å². The Morgan fingerprint density at radius 3 is 1.94 bits per heavy atom. The number of hydrogen-bond donors (Lipinski definition) is 2. The second-order valence-electron chi connectivity index (χ2n) is 3.46. The number of carbonyl (C=O) groups excluding carboxylic acids is 1. The van der Waals surface area contributed by atoms with Gasteiger partial charge in [0.15, 0.2) is 0 Å². The molecule has 2 N–H and O–H groups in total. The average molecular weight is 270 g/mol. The van der Waals surface area contributed by atoms with Gasteiger partial charge in [0.25, 0.3) is 0 Å². The van der Waals surface area contributed by atoms with Crippen LogP contribution in [0.2, 0.25) is 0 Å². The van der Waals surface area contributed by atoms with Crippen LogP contribution in [-0.4, -0.2) is 34.1 Å². The molecule has 100 valence electrons. The fraction of sp³-hybridized carbons (Fsp3) is 0.300. The van der Waals surface area contributed by atoms with Crippen molar-refractivity contribution < 1.29 is 37.0 Å². The Morgan fingerprint density at radius 1 is 1.11 bits per heavy atom. The van der Waals surface area contributed by atoms with Gasteiger partial charge in [-0.2, -0.15) is 13.2 Å². The molecule has 1 unspecified atom stereocenters. The first-order chi connectivity index (χ1) is 8.07. The van der Waals surface area contributed by atoms with E-state index in [1.54, 1.807) is 0 Å². The zero-order valence-electron chi connectivity index (χ0n) is 8.58. The van der Waals surface area contributed by atoms with Crippen molar-refractivity contribution in [3.05, 3.63) is 35.6 Å². The van der Waals surface area contributed by atoms with Gasteiger partial charge >= 0.3 is 12.0 Å². The molecular formula is C10H7F5O3. The number of alkyl halides is 4. The number of halogens is 5. The van der Waals surface area contributed by atoms with Crippen LogP contribution < -0.4 is 0 Å². The van der Waals surface area contributed by atoms with Crippen molar-refractivity contribution in [2.24, 2.45) is 0 Å². The van der Waals surface area contributed by atoms with Gasteiger partial charge in [-0.3, -0.25) is 4.79 Å². The van der Waals surface area contributed by atoms with E-state index in [-0.39, 0.29) is 0 Å². The van der Waals surface area contributed by atoms with E-state index in [0.29, 0.717) is 0 Å². The normalized spacial score (nSPS) is 14.4. The Kier molecular flexibility index (Phi) is 3.72. The first-order valence-electron chi connectivity index (χ1n) is 4.52. The highest BCUT2D eigenvalue weighted by atomic mass is 19.4. The maximum atomic E-state index is 13.2. The molecule has 0 fully saturated rings. The molecule has 0 bridgehead atoms. The first kappa shape index (κ1) is 14.5. The molecule has 0 amide bonds. The molecule has 0 aliphatic rings. The summed E-state index contributed by atoms with van der Waals surface area (Å²) in [5.41, 5.74) is -0.611. The van der Waals surface area contributed by atoms with Crippen LogP contribution in [0.1, 0.15) is 10.4 Å². The number of hydrogen-bond acceptors (Lipinski definition) is 3. The number of aliphatic hydroxyl groups is 2. The van der Waals surface area contributed by atoms with Crippen molar-refractivity contribution in [1.82, 2.24) is 0 Å². The van der Waals surface area contributed by atoms with E-state index in [4.69, 9.17) is 10.2 Å². The average Bonchev–Trinajstić information content (AvgIpc) is 2.26. The maximum Gasteiger partial charge on any atom is 0.446 e. The van der Waals surface area contributed by atoms with Crippen LogP contribution in [-0.2, 0) is 0 Å². The van der Waals surface area contributed by atoms with Crippen molar-refractivity contribution in [2.45, 2.75) is 18.1 Å². The Balaban J connectivity index is 3.01. The molecule has 0 spiro atoms. The largest absolute Gasteiger partial charge is 0.446 e. The summed E-state index contributed by atoms with van der Waals surface area (Å²) in [6.07, 6.45) is -9.36. The van der Waals surface area contributed by atoms with E-state index in [2.05, 4.69) is 0 Å². The predicted molar refractivity (Wildman–Crippen MR) is 48.9 cm³/mol. The predicted octanol–water partition coefficient (Wildman–Crippen LogP) is 1.59. The Bertz CT molecular complexity index is 438. The van der Waals surface area contributed by atoms with Crippen LogP contribution in [0.5, 0.6) is 0 Å². The van der Waals surface area contributed by atoms with Crippen LogP contribution in [0.4, 0.5) is 22.0 Å². The number of carbonyl (C=O) groups is 1. The molecule has 18 heavy (non-hydrogen) atoms. The van der Waals surface area contributed by atoms with E-state index in [0.717, 1.165) is 24.3 Å². The molecule has 1 atom stereocenters. The lowest BCUT2D eigenvalue weighted by Gasteiger charge is -2.26. The Hall–Kier alpha value is -1.54. The molecule has 1 aromatic rings. The number of rotatable bonds is 3. The van der Waals surface area contributed by atoms with Crippen molar-refractivity contribution in [3.63, 3.8) is 0 Å². The van der Waals surface area contributed by atoms with E-state index in [1.165, 1.54) is 0 Å². The summed E-state index contributed by atoms with van der Waals surface area (Å²) in [6, 6.07) is 2.92. The standard InChI is InChI=1S/C10H7F5O3/c11-6-3-1-5(2-4-6)7(16)8(12)9(17,18)10(13,14)15/h1-4,8,17-18H. The third-order valence-corrected chi connectivity index (χ3v) is 2.13. The fourth-order valence-electron chi connectivity index (χ4n) is 1.09. The van der Waals surface area contributed by atoms with Gasteiger partial charge in [0, 0.05) is 5.56 Å². The summed E-state index contributed by atoms with van der Waals surface area (Å²) in [7, 11) is 0. The smallest absolute Gasteiger partial charge is 0.356 e. The molecule has 0 saturated heterocycles. The molecule has 0 aliphatic carbocycles. The van der Waals surface area contributed by atoms with Crippen LogP contribution in [0, 0.1) is 5.82 Å². The third kappa shape index (κ3) is 2.65. The molecule has 3 nitrogen and oxygen atoms in total. The Labute approximate surface area is 97.5 Å². The van der Waals surface area contributed by atoms with Gasteiger partial charge in [-0.05, 0) is 24.3 Å². The van der Waals surface area contributed by atoms with Gasteiger partial charge in [0.05, 0.1) is 0 Å². The zero-order valence-corrected chi connectivity index (χ0v) is 8.58. The quantitative estimate of drug-likeness (QED) is 0.498. The van der Waals surface area contributed by atoms with Gasteiger partial charge in [0.1, 0.15) is 5.82 Å². The summed E-state index contributed by atoms with van der Waals surface area (Å²) in [5, 5.41) is 17.1. The molecule has 0 heterocycles. The summed E-state index contributed by atoms with van der Waals surface area (Å²) in [4.78, 5) is 11.2.